The normalized spacial score (nSPS) is 15.7. The summed E-state index contributed by atoms with van der Waals surface area (Å²) in [6.07, 6.45) is 0.280. The highest BCUT2D eigenvalue weighted by Gasteiger charge is 2.41. The quantitative estimate of drug-likeness (QED) is 0.0127. The molecule has 1 saturated heterocycles. The first-order valence-electron chi connectivity index (χ1n) is 31.0. The molecule has 0 aliphatic carbocycles. The Morgan fingerprint density at radius 3 is 1.63 bits per heavy atom. The number of aromatic hydroxyl groups is 1. The van der Waals surface area contributed by atoms with Crippen LogP contribution in [0.15, 0.2) is 41.8 Å². The number of thiol groups is 4. The van der Waals surface area contributed by atoms with E-state index < -0.39 is 218 Å². The zero-order valence-electron chi connectivity index (χ0n) is 54.4. The van der Waals surface area contributed by atoms with Crippen molar-refractivity contribution in [3.8, 4) is 5.75 Å². The van der Waals surface area contributed by atoms with Crippen LogP contribution in [-0.2, 0) is 89.6 Å². The fraction of sp³-hybridized carbons (Fsp3) is 0.544. The molecule has 1 aliphatic heterocycles. The fourth-order valence-electron chi connectivity index (χ4n) is 9.45. The number of carbonyl (C=O) groups is 16. The van der Waals surface area contributed by atoms with E-state index in [9.17, 15) is 97.1 Å². The number of nitrogens with one attached hydrogen (secondary N) is 13. The van der Waals surface area contributed by atoms with Crippen molar-refractivity contribution in [3.05, 3.63) is 48.0 Å². The number of phenols is 1. The Hall–Kier alpha value is -9.66. The van der Waals surface area contributed by atoms with Crippen LogP contribution in [0, 0.1) is 0 Å². The number of imidazole rings is 1. The highest BCUT2D eigenvalue weighted by Crippen LogP contribution is 2.21. The van der Waals surface area contributed by atoms with Crippen LogP contribution >= 0.6 is 50.5 Å². The number of aliphatic hydroxyl groups is 1. The van der Waals surface area contributed by atoms with Gasteiger partial charge < -0.3 is 117 Å². The number of aliphatic carboxylic acids is 2. The van der Waals surface area contributed by atoms with Crippen molar-refractivity contribution in [2.75, 3.05) is 55.8 Å². The smallest absolute Gasteiger partial charge is 0.327 e. The Labute approximate surface area is 598 Å². The van der Waals surface area contributed by atoms with E-state index >= 15 is 0 Å². The van der Waals surface area contributed by atoms with E-state index in [0.29, 0.717) is 5.69 Å². The van der Waals surface area contributed by atoms with Gasteiger partial charge in [-0.05, 0) is 56.7 Å². The van der Waals surface area contributed by atoms with E-state index in [1.807, 2.05) is 0 Å². The first-order chi connectivity index (χ1) is 47.8. The van der Waals surface area contributed by atoms with E-state index in [4.69, 9.17) is 22.9 Å². The van der Waals surface area contributed by atoms with Crippen LogP contribution < -0.4 is 86.7 Å². The van der Waals surface area contributed by atoms with Crippen molar-refractivity contribution in [1.29, 1.82) is 0 Å². The van der Waals surface area contributed by atoms with Crippen LogP contribution in [0.5, 0.6) is 5.75 Å². The highest BCUT2D eigenvalue weighted by atomic mass is 32.1. The van der Waals surface area contributed by atoms with Gasteiger partial charge in [0, 0.05) is 67.3 Å². The minimum absolute atomic E-state index is 0.000418. The van der Waals surface area contributed by atoms with E-state index in [-0.39, 0.29) is 79.7 Å². The number of amides is 14. The molecular weight excluding hydrogens is 1410 g/mol. The lowest BCUT2D eigenvalue weighted by Gasteiger charge is -2.30. The molecule has 1 aliphatic rings. The minimum Gasteiger partial charge on any atom is -0.508 e. The van der Waals surface area contributed by atoms with Crippen molar-refractivity contribution in [3.63, 3.8) is 0 Å². The van der Waals surface area contributed by atoms with Gasteiger partial charge >= 0.3 is 11.9 Å². The maximum atomic E-state index is 14.5. The maximum Gasteiger partial charge on any atom is 0.327 e. The van der Waals surface area contributed by atoms with E-state index in [1.165, 1.54) is 48.6 Å². The summed E-state index contributed by atoms with van der Waals surface area (Å²) in [7, 11) is 0. The number of aromatic amines is 1. The fourth-order valence-corrected chi connectivity index (χ4v) is 10.5. The van der Waals surface area contributed by atoms with Gasteiger partial charge in [0.25, 0.3) is 0 Å². The van der Waals surface area contributed by atoms with Gasteiger partial charge in [-0.15, -0.1) is 0 Å². The van der Waals surface area contributed by atoms with Gasteiger partial charge in [-0.1, -0.05) is 12.1 Å². The van der Waals surface area contributed by atoms with Crippen LogP contribution in [-0.4, -0.2) is 264 Å². The Morgan fingerprint density at radius 2 is 1.10 bits per heavy atom. The molecule has 0 bridgehead atoms. The summed E-state index contributed by atoms with van der Waals surface area (Å²) in [5.41, 5.74) is 22.2. The molecule has 0 saturated carbocycles. The van der Waals surface area contributed by atoms with Crippen LogP contribution in [0.25, 0.3) is 0 Å². The third-order valence-corrected chi connectivity index (χ3v) is 16.3. The summed E-state index contributed by atoms with van der Waals surface area (Å²) in [6, 6.07) is -13.3. The molecule has 40 nitrogen and oxygen atoms in total. The Bertz CT molecular complexity index is 3280. The predicted molar refractivity (Wildman–Crippen MR) is 369 cm³/mol. The number of nitrogens with zero attached hydrogens (tertiary/aromatic N) is 3. The number of aliphatic imine (C=N–C) groups is 1. The summed E-state index contributed by atoms with van der Waals surface area (Å²) >= 11 is 16.4. The number of carboxylic acid groups (broad SMARTS) is 2. The number of guanidine groups is 1. The second kappa shape index (κ2) is 43.8. The predicted octanol–water partition coefficient (Wildman–Crippen LogP) is -10.1. The van der Waals surface area contributed by atoms with Gasteiger partial charge in [-0.2, -0.15) is 50.5 Å². The molecule has 0 spiro atoms. The van der Waals surface area contributed by atoms with Gasteiger partial charge in [0.2, 0.25) is 82.7 Å². The molecule has 1 aromatic heterocycles. The molecule has 558 valence electrons. The zero-order valence-corrected chi connectivity index (χ0v) is 58.0. The Kier molecular flexibility index (Phi) is 37.1. The van der Waals surface area contributed by atoms with Gasteiger partial charge in [0.05, 0.1) is 32.4 Å². The average molecular weight is 1500 g/mol. The maximum absolute atomic E-state index is 14.5. The molecule has 12 atom stereocenters. The number of rotatable bonds is 44. The van der Waals surface area contributed by atoms with Gasteiger partial charge in [-0.3, -0.25) is 76.9 Å². The number of hydrogen-bond acceptors (Lipinski definition) is 25. The molecule has 25 N–H and O–H groups in total. The molecular formula is C57H86N20O20S4. The van der Waals surface area contributed by atoms with Crippen molar-refractivity contribution in [2.45, 2.75) is 137 Å². The van der Waals surface area contributed by atoms with Crippen molar-refractivity contribution >= 4 is 151 Å². The summed E-state index contributed by atoms with van der Waals surface area (Å²) in [5.74, 6) is -18.9. The number of benzene rings is 1. The molecule has 44 heteroatoms. The van der Waals surface area contributed by atoms with Crippen molar-refractivity contribution in [1.82, 2.24) is 78.7 Å². The van der Waals surface area contributed by atoms with E-state index in [2.05, 4.69) is 129 Å². The largest absolute Gasteiger partial charge is 0.508 e. The highest BCUT2D eigenvalue weighted by molar-refractivity contribution is 7.80. The minimum atomic E-state index is -1.97. The first-order valence-corrected chi connectivity index (χ1v) is 33.5. The number of carboxylic acids is 2. The number of nitrogens with two attached hydrogens (primary N) is 4. The number of H-pyrrole nitrogens is 1. The third-order valence-electron chi connectivity index (χ3n) is 14.8. The SMILES string of the molecule is C[C@H](NC(=O)[C@@H]1CCCN1C(=O)[C@H](Cc1cnc[nH]1)NC(=O)[C@H](CS)NC(=O)[C@H](CS)NC(=O)[C@H](CCCN=C(N)N)NC(=O)CN)C(=O)N[C@@H](CS)C(=O)NCC(=O)N[C@@H](CCC(=O)O)C(=O)N[C@@H](CC(N)=O)C(=O)N[C@@H](Cc1ccc(O)cc1)C(=O)N[C@@H](CO)C(=O)N[C@@H](CS)C(=O)O. The lowest BCUT2D eigenvalue weighted by atomic mass is 10.0. The number of primary amides is 1. The van der Waals surface area contributed by atoms with Crippen LogP contribution in [0.1, 0.15) is 63.1 Å². The monoisotopic (exact) mass is 1500 g/mol. The number of hydrogen-bond donors (Lipinski definition) is 25. The summed E-state index contributed by atoms with van der Waals surface area (Å²) < 4.78 is 0. The molecule has 1 fully saturated rings. The average Bonchev–Trinajstić information content (AvgIpc) is 1.73. The zero-order chi connectivity index (χ0) is 75.6. The third kappa shape index (κ3) is 29.6. The van der Waals surface area contributed by atoms with E-state index in [1.54, 1.807) is 0 Å². The number of phenolic OH excluding ortho intramolecular Hbond substituents is 1. The lowest BCUT2D eigenvalue weighted by Crippen LogP contribution is -2.61. The molecule has 2 aromatic rings. The first kappa shape index (κ1) is 85.6. The summed E-state index contributed by atoms with van der Waals surface area (Å²) in [4.78, 5) is 223. The number of aromatic nitrogens is 2. The van der Waals surface area contributed by atoms with Crippen LogP contribution in [0.4, 0.5) is 0 Å². The number of likely N-dealkylation sites (tertiary alicyclic amines) is 1. The van der Waals surface area contributed by atoms with Gasteiger partial charge in [-0.25, -0.2) is 9.78 Å². The molecule has 2 heterocycles. The molecule has 101 heavy (non-hydrogen) atoms. The summed E-state index contributed by atoms with van der Waals surface area (Å²) in [6.45, 7) is -1.12. The van der Waals surface area contributed by atoms with Crippen LogP contribution in [0.2, 0.25) is 0 Å². The van der Waals surface area contributed by atoms with Gasteiger partial charge in [0.1, 0.15) is 78.3 Å². The molecule has 0 unspecified atom stereocenters. The van der Waals surface area contributed by atoms with Gasteiger partial charge in [0.15, 0.2) is 5.96 Å². The number of aliphatic hydroxyl groups excluding tert-OH is 1. The Balaban J connectivity index is 1.71. The second-order valence-corrected chi connectivity index (χ2v) is 24.0. The van der Waals surface area contributed by atoms with E-state index in [0.717, 1.165) is 0 Å². The topological polar surface area (TPSA) is 647 Å². The lowest BCUT2D eigenvalue weighted by molar-refractivity contribution is -0.142. The molecule has 1 aromatic carbocycles. The second-order valence-electron chi connectivity index (χ2n) is 22.5. The Morgan fingerprint density at radius 1 is 0.604 bits per heavy atom. The molecule has 14 amide bonds. The number of carbonyl (C=O) groups excluding carboxylic acids is 14. The standard InChI is InChI=1S/C57H86N20O20S4/c1-26(66-54(94)40-5-3-13-77(40)55(95)34(15-28-18-62-25-65-28)71-52(92)37(22-99)75-53(93)38(23-100)74-47(87)30(67-42(81)17-58)4-2-12-63-57(60)61)45(85)73-36(21-98)46(86)64-19-43(82)68-31(10-11-44(83)84)48(88)70-33(16-41(59)80)50(90)69-32(14-27-6-8-29(79)9-7-27)49(89)72-35(20-78)51(91)76-39(24-101)56(96)97/h6-9,18,25-26,30-40,78-79,98-101H,2-5,10-17,19-24,58H2,1H3,(H2,59,80)(H,62,65)(H,64,86)(H,66,94)(H,67,81)(H,68,82)(H,69,90)(H,70,88)(H,71,92)(H,72,89)(H,73,85)(H,74,87)(H,75,93)(H,76,91)(H,83,84)(H,96,97)(H4,60,61,63)/t26-,30-,31-,32-,33-,34-,35-,36-,37-,38-,39-,40-/m0/s1. The van der Waals surface area contributed by atoms with Crippen LogP contribution in [0.3, 0.4) is 0 Å². The molecule has 3 rings (SSSR count). The summed E-state index contributed by atoms with van der Waals surface area (Å²) in [5, 5.41) is 66.7. The van der Waals surface area contributed by atoms with Crippen molar-refractivity contribution < 1.29 is 97.1 Å². The van der Waals surface area contributed by atoms with Crippen molar-refractivity contribution in [2.24, 2.45) is 27.9 Å². The molecule has 0 radical (unpaired) electrons.